The van der Waals surface area contributed by atoms with Crippen LogP contribution in [-0.2, 0) is 5.41 Å². The molecule has 0 saturated heterocycles. The average Bonchev–Trinajstić information content (AvgIpc) is 2.21. The van der Waals surface area contributed by atoms with Crippen molar-refractivity contribution in [3.63, 3.8) is 0 Å². The summed E-state index contributed by atoms with van der Waals surface area (Å²) in [6.45, 7) is 6.31. The molecule has 2 N–H and O–H groups in total. The topological polar surface area (TPSA) is 49.7 Å². The van der Waals surface area contributed by atoms with Crippen molar-refractivity contribution >= 4 is 0 Å². The van der Waals surface area contributed by atoms with Crippen molar-refractivity contribution in [2.75, 3.05) is 13.2 Å². The van der Waals surface area contributed by atoms with Crippen LogP contribution in [0.5, 0.6) is 11.5 Å². The molecule has 1 aromatic rings. The Hall–Kier alpha value is -1.22. The molecule has 84 valence electrons. The van der Waals surface area contributed by atoms with Gasteiger partial charge in [-0.3, -0.25) is 0 Å². The van der Waals surface area contributed by atoms with E-state index in [4.69, 9.17) is 4.74 Å². The molecule has 1 aromatic carbocycles. The van der Waals surface area contributed by atoms with Gasteiger partial charge in [0.25, 0.3) is 0 Å². The summed E-state index contributed by atoms with van der Waals surface area (Å²) in [6.07, 6.45) is 0. The van der Waals surface area contributed by atoms with Gasteiger partial charge < -0.3 is 14.9 Å². The normalized spacial score (nSPS) is 11.5. The fraction of sp³-hybridized carbons (Fsp3) is 0.500. The maximum absolute atomic E-state index is 9.52. The van der Waals surface area contributed by atoms with Gasteiger partial charge >= 0.3 is 0 Å². The number of hydrogen-bond donors (Lipinski definition) is 2. The molecule has 0 aliphatic carbocycles. The average molecular weight is 210 g/mol. The summed E-state index contributed by atoms with van der Waals surface area (Å²) < 4.78 is 5.29. The van der Waals surface area contributed by atoms with Crippen molar-refractivity contribution in [1.29, 1.82) is 0 Å². The molecule has 0 saturated carbocycles. The van der Waals surface area contributed by atoms with Gasteiger partial charge in [0, 0.05) is 5.41 Å². The van der Waals surface area contributed by atoms with E-state index in [1.54, 1.807) is 18.2 Å². The SMILES string of the molecule is CCOc1cc(C(C)(C)CO)ccc1O. The first-order valence-corrected chi connectivity index (χ1v) is 5.08. The zero-order valence-corrected chi connectivity index (χ0v) is 9.45. The lowest BCUT2D eigenvalue weighted by atomic mass is 9.85. The molecule has 0 fully saturated rings. The summed E-state index contributed by atoms with van der Waals surface area (Å²) >= 11 is 0. The summed E-state index contributed by atoms with van der Waals surface area (Å²) in [5, 5.41) is 18.8. The van der Waals surface area contributed by atoms with E-state index in [1.807, 2.05) is 20.8 Å². The number of aliphatic hydroxyl groups is 1. The summed E-state index contributed by atoms with van der Waals surface area (Å²) in [5.74, 6) is 0.603. The predicted octanol–water partition coefficient (Wildman–Crippen LogP) is 2.06. The van der Waals surface area contributed by atoms with Gasteiger partial charge in [0.1, 0.15) is 0 Å². The van der Waals surface area contributed by atoms with E-state index in [2.05, 4.69) is 0 Å². The van der Waals surface area contributed by atoms with Gasteiger partial charge in [0.05, 0.1) is 13.2 Å². The Morgan fingerprint density at radius 2 is 2.00 bits per heavy atom. The van der Waals surface area contributed by atoms with Crippen LogP contribution in [0.2, 0.25) is 0 Å². The number of ether oxygens (including phenoxy) is 1. The first-order chi connectivity index (χ1) is 7.01. The number of aliphatic hydroxyl groups excluding tert-OH is 1. The summed E-state index contributed by atoms with van der Waals surface area (Å²) in [7, 11) is 0. The Morgan fingerprint density at radius 3 is 2.53 bits per heavy atom. The number of phenolic OH excluding ortho intramolecular Hbond substituents is 1. The number of benzene rings is 1. The third kappa shape index (κ3) is 2.63. The highest BCUT2D eigenvalue weighted by Crippen LogP contribution is 2.32. The minimum atomic E-state index is -0.320. The number of phenols is 1. The van der Waals surface area contributed by atoms with Gasteiger partial charge in [-0.1, -0.05) is 19.9 Å². The highest BCUT2D eigenvalue weighted by molar-refractivity contribution is 5.44. The molecule has 0 bridgehead atoms. The first kappa shape index (κ1) is 11.9. The van der Waals surface area contributed by atoms with Crippen LogP contribution in [0.25, 0.3) is 0 Å². The lowest BCUT2D eigenvalue weighted by Gasteiger charge is -2.23. The van der Waals surface area contributed by atoms with Crippen LogP contribution >= 0.6 is 0 Å². The van der Waals surface area contributed by atoms with Gasteiger partial charge in [-0.15, -0.1) is 0 Å². The van der Waals surface area contributed by atoms with Crippen LogP contribution in [-0.4, -0.2) is 23.4 Å². The molecule has 0 aliphatic rings. The third-order valence-electron chi connectivity index (χ3n) is 2.44. The monoisotopic (exact) mass is 210 g/mol. The van der Waals surface area contributed by atoms with E-state index in [0.717, 1.165) is 5.56 Å². The third-order valence-corrected chi connectivity index (χ3v) is 2.44. The highest BCUT2D eigenvalue weighted by Gasteiger charge is 2.20. The molecule has 15 heavy (non-hydrogen) atoms. The van der Waals surface area contributed by atoms with E-state index < -0.39 is 0 Å². The molecule has 0 aliphatic heterocycles. The lowest BCUT2D eigenvalue weighted by molar-refractivity contribution is 0.217. The van der Waals surface area contributed by atoms with Crippen LogP contribution in [0.15, 0.2) is 18.2 Å². The molecular weight excluding hydrogens is 192 g/mol. The summed E-state index contributed by atoms with van der Waals surface area (Å²) in [6, 6.07) is 5.17. The Labute approximate surface area is 90.3 Å². The van der Waals surface area contributed by atoms with E-state index in [1.165, 1.54) is 0 Å². The second-order valence-corrected chi connectivity index (χ2v) is 4.16. The van der Waals surface area contributed by atoms with E-state index >= 15 is 0 Å². The van der Waals surface area contributed by atoms with Gasteiger partial charge in [-0.25, -0.2) is 0 Å². The fourth-order valence-electron chi connectivity index (χ4n) is 1.30. The summed E-state index contributed by atoms with van der Waals surface area (Å²) in [5.41, 5.74) is 0.630. The minimum absolute atomic E-state index is 0.0589. The zero-order valence-electron chi connectivity index (χ0n) is 9.45. The largest absolute Gasteiger partial charge is 0.504 e. The standard InChI is InChI=1S/C12H18O3/c1-4-15-11-7-9(5-6-10(11)14)12(2,3)8-13/h5-7,13-14H,4,8H2,1-3H3. The molecule has 0 atom stereocenters. The Balaban J connectivity index is 3.07. The molecule has 0 unspecified atom stereocenters. The van der Waals surface area contributed by atoms with Gasteiger partial charge in [0.15, 0.2) is 11.5 Å². The Bertz CT molecular complexity index is 332. The molecule has 0 heterocycles. The van der Waals surface area contributed by atoms with E-state index in [-0.39, 0.29) is 17.8 Å². The fourth-order valence-corrected chi connectivity index (χ4v) is 1.30. The molecular formula is C12H18O3. The quantitative estimate of drug-likeness (QED) is 0.799. The minimum Gasteiger partial charge on any atom is -0.504 e. The van der Waals surface area contributed by atoms with Crippen molar-refractivity contribution in [3.05, 3.63) is 23.8 Å². The van der Waals surface area contributed by atoms with E-state index in [0.29, 0.717) is 12.4 Å². The lowest BCUT2D eigenvalue weighted by Crippen LogP contribution is -2.21. The van der Waals surface area contributed by atoms with Crippen molar-refractivity contribution in [3.8, 4) is 11.5 Å². The van der Waals surface area contributed by atoms with Crippen molar-refractivity contribution in [1.82, 2.24) is 0 Å². The van der Waals surface area contributed by atoms with Crippen LogP contribution in [0.1, 0.15) is 26.3 Å². The Kier molecular flexibility index (Phi) is 3.58. The second kappa shape index (κ2) is 4.53. The van der Waals surface area contributed by atoms with Crippen LogP contribution < -0.4 is 4.74 Å². The molecule has 0 aromatic heterocycles. The molecule has 1 rings (SSSR count). The molecule has 0 radical (unpaired) electrons. The van der Waals surface area contributed by atoms with Crippen molar-refractivity contribution in [2.45, 2.75) is 26.2 Å². The summed E-state index contributed by atoms with van der Waals surface area (Å²) in [4.78, 5) is 0. The number of aromatic hydroxyl groups is 1. The van der Waals surface area contributed by atoms with Gasteiger partial charge in [-0.2, -0.15) is 0 Å². The van der Waals surface area contributed by atoms with Crippen molar-refractivity contribution in [2.24, 2.45) is 0 Å². The highest BCUT2D eigenvalue weighted by atomic mass is 16.5. The molecule has 3 heteroatoms. The van der Waals surface area contributed by atoms with Gasteiger partial charge in [-0.05, 0) is 24.6 Å². The maximum Gasteiger partial charge on any atom is 0.161 e. The molecule has 0 amide bonds. The maximum atomic E-state index is 9.52. The number of rotatable bonds is 4. The molecule has 3 nitrogen and oxygen atoms in total. The predicted molar refractivity (Wildman–Crippen MR) is 59.4 cm³/mol. The number of hydrogen-bond acceptors (Lipinski definition) is 3. The molecule has 0 spiro atoms. The van der Waals surface area contributed by atoms with Gasteiger partial charge in [0.2, 0.25) is 0 Å². The first-order valence-electron chi connectivity index (χ1n) is 5.08. The van der Waals surface area contributed by atoms with Crippen molar-refractivity contribution < 1.29 is 14.9 Å². The zero-order chi connectivity index (χ0) is 11.5. The van der Waals surface area contributed by atoms with Crippen LogP contribution in [0, 0.1) is 0 Å². The van der Waals surface area contributed by atoms with Crippen LogP contribution in [0.4, 0.5) is 0 Å². The van der Waals surface area contributed by atoms with E-state index in [9.17, 15) is 10.2 Å². The van der Waals surface area contributed by atoms with Crippen LogP contribution in [0.3, 0.4) is 0 Å². The Morgan fingerprint density at radius 1 is 1.33 bits per heavy atom. The smallest absolute Gasteiger partial charge is 0.161 e. The second-order valence-electron chi connectivity index (χ2n) is 4.16.